The third-order valence-corrected chi connectivity index (χ3v) is 2.36. The molecule has 1 aromatic carbocycles. The van der Waals surface area contributed by atoms with Gasteiger partial charge in [0.15, 0.2) is 0 Å². The number of amides is 1. The zero-order valence-corrected chi connectivity index (χ0v) is 8.64. The van der Waals surface area contributed by atoms with Crippen LogP contribution in [-0.4, -0.2) is 17.5 Å². The molecule has 1 aliphatic heterocycles. The number of hydrogen-bond donors (Lipinski definition) is 0. The fourth-order valence-corrected chi connectivity index (χ4v) is 1.54. The zero-order valence-electron chi connectivity index (χ0n) is 8.64. The second-order valence-electron chi connectivity index (χ2n) is 3.46. The molecule has 3 nitrogen and oxygen atoms in total. The molecule has 0 spiro atoms. The minimum atomic E-state index is -0.257. The molecule has 1 amide bonds. The highest BCUT2D eigenvalue weighted by Crippen LogP contribution is 2.17. The lowest BCUT2D eigenvalue weighted by molar-refractivity contribution is 0.167. The summed E-state index contributed by atoms with van der Waals surface area (Å²) in [4.78, 5) is 13.1. The predicted octanol–water partition coefficient (Wildman–Crippen LogP) is 2.54. The first kappa shape index (κ1) is 9.77. The average molecular weight is 203 g/mol. The van der Waals surface area contributed by atoms with Gasteiger partial charge < -0.3 is 4.74 Å². The van der Waals surface area contributed by atoms with Crippen molar-refractivity contribution in [1.82, 2.24) is 4.90 Å². The summed E-state index contributed by atoms with van der Waals surface area (Å²) in [6.45, 7) is 3.05. The first-order chi connectivity index (χ1) is 7.29. The van der Waals surface area contributed by atoms with Crippen molar-refractivity contribution in [2.24, 2.45) is 0 Å². The lowest BCUT2D eigenvalue weighted by Crippen LogP contribution is -2.23. The fraction of sp³-hybridized carbons (Fsp3) is 0.250. The molecule has 1 heterocycles. The number of allylic oxidation sites excluding steroid dienone is 1. The normalized spacial score (nSPS) is 18.3. The summed E-state index contributed by atoms with van der Waals surface area (Å²) in [5.74, 6) is 0.732. The SMILES string of the molecule is CC=C1CN(Cc2ccccc2)C(=O)O1. The van der Waals surface area contributed by atoms with Crippen molar-refractivity contribution in [3.8, 4) is 0 Å². The maximum atomic E-state index is 11.4. The highest BCUT2D eigenvalue weighted by atomic mass is 16.6. The molecule has 2 rings (SSSR count). The van der Waals surface area contributed by atoms with Crippen LogP contribution in [0.15, 0.2) is 42.2 Å². The van der Waals surface area contributed by atoms with Crippen LogP contribution in [0.4, 0.5) is 4.79 Å². The second-order valence-corrected chi connectivity index (χ2v) is 3.46. The molecule has 0 N–H and O–H groups in total. The predicted molar refractivity (Wildman–Crippen MR) is 57.1 cm³/mol. The first-order valence-corrected chi connectivity index (χ1v) is 4.95. The number of carbonyl (C=O) groups is 1. The molecular weight excluding hydrogens is 190 g/mol. The molecule has 1 aromatic rings. The number of ether oxygens (including phenoxy) is 1. The molecule has 0 bridgehead atoms. The first-order valence-electron chi connectivity index (χ1n) is 4.95. The molecular formula is C12H13NO2. The Labute approximate surface area is 89.0 Å². The minimum absolute atomic E-state index is 0.257. The molecule has 1 fully saturated rings. The number of nitrogens with zero attached hydrogens (tertiary/aromatic N) is 1. The highest BCUT2D eigenvalue weighted by molar-refractivity contribution is 5.72. The van der Waals surface area contributed by atoms with Crippen LogP contribution in [0, 0.1) is 0 Å². The monoisotopic (exact) mass is 203 g/mol. The summed E-state index contributed by atoms with van der Waals surface area (Å²) in [6, 6.07) is 9.89. The van der Waals surface area contributed by atoms with E-state index in [0.29, 0.717) is 13.1 Å². The standard InChI is InChI=1S/C12H13NO2/c1-2-11-9-13(12(14)15-11)8-10-6-4-3-5-7-10/h2-7H,8-9H2,1H3. The van der Waals surface area contributed by atoms with Gasteiger partial charge in [-0.2, -0.15) is 0 Å². The Morgan fingerprint density at radius 3 is 2.73 bits per heavy atom. The molecule has 15 heavy (non-hydrogen) atoms. The van der Waals surface area contributed by atoms with Crippen LogP contribution in [0.2, 0.25) is 0 Å². The minimum Gasteiger partial charge on any atom is -0.413 e. The van der Waals surface area contributed by atoms with E-state index in [4.69, 9.17) is 4.74 Å². The molecule has 1 aliphatic rings. The number of hydrogen-bond acceptors (Lipinski definition) is 2. The van der Waals surface area contributed by atoms with Gasteiger partial charge in [-0.05, 0) is 18.6 Å². The van der Waals surface area contributed by atoms with Crippen LogP contribution >= 0.6 is 0 Å². The topological polar surface area (TPSA) is 29.5 Å². The van der Waals surface area contributed by atoms with Gasteiger partial charge in [0.05, 0.1) is 6.54 Å². The van der Waals surface area contributed by atoms with E-state index in [0.717, 1.165) is 11.3 Å². The maximum Gasteiger partial charge on any atom is 0.415 e. The Kier molecular flexibility index (Phi) is 2.72. The number of cyclic esters (lactones) is 1. The molecule has 0 atom stereocenters. The molecule has 0 unspecified atom stereocenters. The number of carbonyl (C=O) groups excluding carboxylic acids is 1. The molecule has 78 valence electrons. The summed E-state index contributed by atoms with van der Waals surface area (Å²) in [6.07, 6.45) is 1.56. The quantitative estimate of drug-likeness (QED) is 0.739. The van der Waals surface area contributed by atoms with E-state index < -0.39 is 0 Å². The van der Waals surface area contributed by atoms with Crippen LogP contribution in [0.5, 0.6) is 0 Å². The van der Waals surface area contributed by atoms with E-state index in [1.165, 1.54) is 0 Å². The zero-order chi connectivity index (χ0) is 10.7. The Bertz CT molecular complexity index is 384. The van der Waals surface area contributed by atoms with E-state index in [1.807, 2.05) is 43.3 Å². The van der Waals surface area contributed by atoms with E-state index >= 15 is 0 Å². The maximum absolute atomic E-state index is 11.4. The van der Waals surface area contributed by atoms with Crippen LogP contribution in [0.3, 0.4) is 0 Å². The Morgan fingerprint density at radius 1 is 1.40 bits per heavy atom. The van der Waals surface area contributed by atoms with Crippen LogP contribution < -0.4 is 0 Å². The van der Waals surface area contributed by atoms with Gasteiger partial charge in [-0.25, -0.2) is 4.79 Å². The molecule has 0 aromatic heterocycles. The summed E-state index contributed by atoms with van der Waals surface area (Å²) in [5.41, 5.74) is 1.12. The summed E-state index contributed by atoms with van der Waals surface area (Å²) in [7, 11) is 0. The van der Waals surface area contributed by atoms with Crippen molar-refractivity contribution < 1.29 is 9.53 Å². The van der Waals surface area contributed by atoms with E-state index in [2.05, 4.69) is 0 Å². The van der Waals surface area contributed by atoms with Crippen molar-refractivity contribution in [1.29, 1.82) is 0 Å². The van der Waals surface area contributed by atoms with E-state index in [9.17, 15) is 4.79 Å². The van der Waals surface area contributed by atoms with E-state index in [-0.39, 0.29) is 6.09 Å². The van der Waals surface area contributed by atoms with Crippen molar-refractivity contribution in [3.63, 3.8) is 0 Å². The number of rotatable bonds is 2. The van der Waals surface area contributed by atoms with Gasteiger partial charge in [-0.3, -0.25) is 4.90 Å². The van der Waals surface area contributed by atoms with Gasteiger partial charge in [0.1, 0.15) is 5.76 Å². The van der Waals surface area contributed by atoms with Gasteiger partial charge in [-0.15, -0.1) is 0 Å². The largest absolute Gasteiger partial charge is 0.415 e. The Balaban J connectivity index is 2.05. The van der Waals surface area contributed by atoms with Gasteiger partial charge >= 0.3 is 6.09 Å². The molecule has 0 saturated carbocycles. The molecule has 1 saturated heterocycles. The van der Waals surface area contributed by atoms with Crippen LogP contribution in [0.25, 0.3) is 0 Å². The van der Waals surface area contributed by atoms with Crippen LogP contribution in [-0.2, 0) is 11.3 Å². The Hall–Kier alpha value is -1.77. The summed E-state index contributed by atoms with van der Waals surface area (Å²) in [5, 5.41) is 0. The third-order valence-electron chi connectivity index (χ3n) is 2.36. The molecule has 3 heteroatoms. The van der Waals surface area contributed by atoms with Gasteiger partial charge in [0, 0.05) is 6.54 Å². The van der Waals surface area contributed by atoms with Gasteiger partial charge in [0.2, 0.25) is 0 Å². The average Bonchev–Trinajstić information content (AvgIpc) is 2.61. The van der Waals surface area contributed by atoms with E-state index in [1.54, 1.807) is 4.90 Å². The van der Waals surface area contributed by atoms with Crippen molar-refractivity contribution >= 4 is 6.09 Å². The Morgan fingerprint density at radius 2 is 2.13 bits per heavy atom. The molecule has 0 aliphatic carbocycles. The highest BCUT2D eigenvalue weighted by Gasteiger charge is 2.25. The fourth-order valence-electron chi connectivity index (χ4n) is 1.54. The lowest BCUT2D eigenvalue weighted by Gasteiger charge is -2.11. The van der Waals surface area contributed by atoms with Crippen molar-refractivity contribution in [3.05, 3.63) is 47.7 Å². The molecule has 0 radical (unpaired) electrons. The van der Waals surface area contributed by atoms with Crippen molar-refractivity contribution in [2.75, 3.05) is 6.54 Å². The lowest BCUT2D eigenvalue weighted by atomic mass is 10.2. The summed E-state index contributed by atoms with van der Waals surface area (Å²) >= 11 is 0. The van der Waals surface area contributed by atoms with Crippen molar-refractivity contribution in [2.45, 2.75) is 13.5 Å². The number of benzene rings is 1. The van der Waals surface area contributed by atoms with Crippen LogP contribution in [0.1, 0.15) is 12.5 Å². The second kappa shape index (κ2) is 4.17. The smallest absolute Gasteiger partial charge is 0.413 e. The van der Waals surface area contributed by atoms with Gasteiger partial charge in [0.25, 0.3) is 0 Å². The summed E-state index contributed by atoms with van der Waals surface area (Å²) < 4.78 is 5.04. The third kappa shape index (κ3) is 2.18. The van der Waals surface area contributed by atoms with Gasteiger partial charge in [-0.1, -0.05) is 30.3 Å².